The lowest BCUT2D eigenvalue weighted by Crippen LogP contribution is -2.50. The molecule has 0 aromatic heterocycles. The summed E-state index contributed by atoms with van der Waals surface area (Å²) >= 11 is 12.0. The third-order valence-electron chi connectivity index (χ3n) is 11.7. The molecule has 0 saturated heterocycles. The molecule has 214 valence electrons. The molecule has 3 fully saturated rings. The maximum Gasteiger partial charge on any atom is 0.311 e. The van der Waals surface area contributed by atoms with Gasteiger partial charge in [0.05, 0.1) is 5.92 Å². The molecular formula is C33H45Cl2NO3. The van der Waals surface area contributed by atoms with Crippen LogP contribution in [0.15, 0.2) is 35.9 Å². The summed E-state index contributed by atoms with van der Waals surface area (Å²) in [6, 6.07) is 8.04. The molecular weight excluding hydrogens is 529 g/mol. The molecule has 4 nitrogen and oxygen atoms in total. The molecule has 3 saturated carbocycles. The van der Waals surface area contributed by atoms with E-state index in [4.69, 9.17) is 23.2 Å². The number of alkyl halides is 2. The lowest BCUT2D eigenvalue weighted by atomic mass is 9.46. The van der Waals surface area contributed by atoms with E-state index >= 15 is 0 Å². The van der Waals surface area contributed by atoms with Crippen LogP contribution < -0.4 is 4.90 Å². The summed E-state index contributed by atoms with van der Waals surface area (Å²) in [5, 5.41) is 10.4. The van der Waals surface area contributed by atoms with E-state index in [-0.39, 0.29) is 22.7 Å². The third-order valence-corrected chi connectivity index (χ3v) is 12.0. The molecule has 0 heterocycles. The van der Waals surface area contributed by atoms with Gasteiger partial charge >= 0.3 is 5.97 Å². The Bertz CT molecular complexity index is 1100. The molecule has 8 atom stereocenters. The number of hydrogen-bond donors (Lipinski definition) is 1. The van der Waals surface area contributed by atoms with Crippen LogP contribution in [0.2, 0.25) is 0 Å². The number of carboxylic acids is 1. The summed E-state index contributed by atoms with van der Waals surface area (Å²) in [7, 11) is 0. The van der Waals surface area contributed by atoms with E-state index in [1.165, 1.54) is 18.4 Å². The Kier molecular flexibility index (Phi) is 8.47. The fourth-order valence-corrected chi connectivity index (χ4v) is 10.1. The monoisotopic (exact) mass is 573 g/mol. The number of Topliss-reactive ketones (excluding diaryl/α,β-unsaturated/α-hetero) is 1. The van der Waals surface area contributed by atoms with Crippen molar-refractivity contribution in [3.63, 3.8) is 0 Å². The molecule has 6 heteroatoms. The van der Waals surface area contributed by atoms with Crippen molar-refractivity contribution in [2.24, 2.45) is 40.4 Å². The van der Waals surface area contributed by atoms with Crippen molar-refractivity contribution in [1.82, 2.24) is 0 Å². The van der Waals surface area contributed by atoms with Gasteiger partial charge in [-0.1, -0.05) is 37.6 Å². The summed E-state index contributed by atoms with van der Waals surface area (Å²) in [5.74, 6) is 2.49. The van der Waals surface area contributed by atoms with Crippen LogP contribution in [-0.4, -0.2) is 41.7 Å². The van der Waals surface area contributed by atoms with E-state index in [1.807, 2.05) is 24.3 Å². The van der Waals surface area contributed by atoms with Crippen LogP contribution in [0.1, 0.15) is 83.6 Å². The number of ketones is 1. The Morgan fingerprint density at radius 2 is 1.69 bits per heavy atom. The number of rotatable bonds is 9. The molecule has 0 radical (unpaired) electrons. The second-order valence-corrected chi connectivity index (χ2v) is 14.1. The van der Waals surface area contributed by atoms with Gasteiger partial charge in [0.1, 0.15) is 5.78 Å². The first-order chi connectivity index (χ1) is 18.6. The first kappa shape index (κ1) is 29.0. The topological polar surface area (TPSA) is 57.6 Å². The van der Waals surface area contributed by atoms with Gasteiger partial charge in [-0.3, -0.25) is 9.59 Å². The fourth-order valence-electron chi connectivity index (χ4n) is 9.72. The van der Waals surface area contributed by atoms with Gasteiger partial charge in [-0.15, -0.1) is 23.2 Å². The summed E-state index contributed by atoms with van der Waals surface area (Å²) < 4.78 is 0. The van der Waals surface area contributed by atoms with E-state index in [9.17, 15) is 14.7 Å². The van der Waals surface area contributed by atoms with Crippen molar-refractivity contribution in [3.05, 3.63) is 41.5 Å². The number of hydrogen-bond acceptors (Lipinski definition) is 3. The summed E-state index contributed by atoms with van der Waals surface area (Å²) in [5.41, 5.74) is 3.74. The summed E-state index contributed by atoms with van der Waals surface area (Å²) in [6.45, 7) is 8.09. The van der Waals surface area contributed by atoms with Gasteiger partial charge in [0.15, 0.2) is 0 Å². The first-order valence-corrected chi connectivity index (χ1v) is 16.1. The number of carbonyl (C=O) groups excluding carboxylic acids is 1. The van der Waals surface area contributed by atoms with Crippen LogP contribution in [0.25, 0.3) is 0 Å². The minimum atomic E-state index is -0.723. The second-order valence-electron chi connectivity index (χ2n) is 13.3. The first-order valence-electron chi connectivity index (χ1n) is 15.0. The Hall–Kier alpha value is -1.52. The molecule has 0 bridgehead atoms. The maximum absolute atomic E-state index is 12.6. The molecule has 2 unspecified atom stereocenters. The number of nitrogens with zero attached hydrogens (tertiary/aromatic N) is 1. The Balaban J connectivity index is 1.35. The van der Waals surface area contributed by atoms with Crippen LogP contribution in [-0.2, 0) is 9.59 Å². The van der Waals surface area contributed by atoms with Crippen molar-refractivity contribution in [3.8, 4) is 0 Å². The van der Waals surface area contributed by atoms with Gasteiger partial charge < -0.3 is 10.0 Å². The molecule has 0 spiro atoms. The molecule has 1 aromatic rings. The molecule has 4 aliphatic rings. The zero-order chi connectivity index (χ0) is 27.9. The average Bonchev–Trinajstić information content (AvgIpc) is 3.26. The van der Waals surface area contributed by atoms with E-state index < -0.39 is 11.9 Å². The van der Waals surface area contributed by atoms with Gasteiger partial charge in [0.25, 0.3) is 0 Å². The van der Waals surface area contributed by atoms with Gasteiger partial charge in [-0.2, -0.15) is 0 Å². The third kappa shape index (κ3) is 5.07. The van der Waals surface area contributed by atoms with Crippen molar-refractivity contribution in [2.75, 3.05) is 29.7 Å². The fraction of sp³-hybridized carbons (Fsp3) is 0.697. The van der Waals surface area contributed by atoms with Gasteiger partial charge in [-0.05, 0) is 110 Å². The molecule has 4 aliphatic carbocycles. The second kappa shape index (κ2) is 11.4. The van der Waals surface area contributed by atoms with Crippen molar-refractivity contribution >= 4 is 40.6 Å². The minimum absolute atomic E-state index is 0.105. The number of halogens is 2. The normalized spacial score (nSPS) is 36.2. The molecule has 1 N–H and O–H groups in total. The van der Waals surface area contributed by atoms with Crippen LogP contribution in [0.4, 0.5) is 5.69 Å². The lowest BCUT2D eigenvalue weighted by Gasteiger charge is -2.58. The highest BCUT2D eigenvalue weighted by atomic mass is 35.5. The van der Waals surface area contributed by atoms with Crippen LogP contribution in [0.3, 0.4) is 0 Å². The Labute approximate surface area is 244 Å². The SMILES string of the molecule is CC(=O)[C@H]1CC[C@H]2[C@@H]3CC=C4CC(C(C(=O)O)c5ccc(N(CCCl)CCCl)cc5)CC[C@]4(C)[C@H]3CC[C@]12C. The minimum Gasteiger partial charge on any atom is -0.481 e. The lowest BCUT2D eigenvalue weighted by molar-refractivity contribution is -0.141. The van der Waals surface area contributed by atoms with E-state index in [0.29, 0.717) is 48.4 Å². The molecule has 0 amide bonds. The van der Waals surface area contributed by atoms with Gasteiger partial charge in [-0.25, -0.2) is 0 Å². The number of carboxylic acid groups (broad SMARTS) is 1. The Morgan fingerprint density at radius 3 is 2.31 bits per heavy atom. The number of anilines is 1. The van der Waals surface area contributed by atoms with Gasteiger partial charge in [0, 0.05) is 36.5 Å². The van der Waals surface area contributed by atoms with Crippen molar-refractivity contribution < 1.29 is 14.7 Å². The van der Waals surface area contributed by atoms with E-state index in [2.05, 4.69) is 24.8 Å². The number of carbonyl (C=O) groups is 2. The predicted octanol–water partition coefficient (Wildman–Crippen LogP) is 7.92. The zero-order valence-electron chi connectivity index (χ0n) is 23.8. The quantitative estimate of drug-likeness (QED) is 0.240. The highest BCUT2D eigenvalue weighted by Gasteiger charge is 2.59. The number of allylic oxidation sites excluding steroid dienone is 2. The largest absolute Gasteiger partial charge is 0.481 e. The van der Waals surface area contributed by atoms with E-state index in [1.54, 1.807) is 6.92 Å². The van der Waals surface area contributed by atoms with Crippen molar-refractivity contribution in [1.29, 1.82) is 0 Å². The summed E-state index contributed by atoms with van der Waals surface area (Å²) in [6.07, 6.45) is 11.1. The molecule has 39 heavy (non-hydrogen) atoms. The standard InChI is InChI=1S/C33H45Cl2NO3/c1-21(37)27-10-11-28-26-9-6-24-20-23(12-14-32(24,2)29(26)13-15-33(27,28)3)30(31(38)39)22-4-7-25(8-5-22)36(18-16-34)19-17-35/h4-8,23,26-30H,9-20H2,1-3H3,(H,38,39)/t23?,26-,27+,28-,29-,30?,32-,33+/m0/s1. The van der Waals surface area contributed by atoms with Crippen LogP contribution in [0, 0.1) is 40.4 Å². The number of benzene rings is 1. The maximum atomic E-state index is 12.6. The molecule has 0 aliphatic heterocycles. The van der Waals surface area contributed by atoms with E-state index in [0.717, 1.165) is 49.8 Å². The van der Waals surface area contributed by atoms with Crippen LogP contribution in [0.5, 0.6) is 0 Å². The van der Waals surface area contributed by atoms with Gasteiger partial charge in [0.2, 0.25) is 0 Å². The smallest absolute Gasteiger partial charge is 0.311 e. The number of aliphatic carboxylic acids is 1. The molecule has 1 aromatic carbocycles. The van der Waals surface area contributed by atoms with Crippen molar-refractivity contribution in [2.45, 2.75) is 78.1 Å². The summed E-state index contributed by atoms with van der Waals surface area (Å²) in [4.78, 5) is 27.3. The highest BCUT2D eigenvalue weighted by molar-refractivity contribution is 6.18. The van der Waals surface area contributed by atoms with Crippen LogP contribution >= 0.6 is 23.2 Å². The Morgan fingerprint density at radius 1 is 1.00 bits per heavy atom. The average molecular weight is 575 g/mol. The number of fused-ring (bicyclic) bond motifs is 5. The molecule has 5 rings (SSSR count). The predicted molar refractivity (Wildman–Crippen MR) is 160 cm³/mol. The zero-order valence-corrected chi connectivity index (χ0v) is 25.3. The highest BCUT2D eigenvalue weighted by Crippen LogP contribution is 2.67.